The smallest absolute Gasteiger partial charge is 0.0210 e. The van der Waals surface area contributed by atoms with Crippen molar-refractivity contribution in [3.63, 3.8) is 0 Å². The number of nitrogens with one attached hydrogen (secondary N) is 1. The maximum atomic E-state index is 3.78. The lowest BCUT2D eigenvalue weighted by Gasteiger charge is -2.38. The van der Waals surface area contributed by atoms with Gasteiger partial charge in [-0.25, -0.2) is 0 Å². The van der Waals surface area contributed by atoms with Gasteiger partial charge in [-0.15, -0.1) is 0 Å². The lowest BCUT2D eigenvalue weighted by molar-refractivity contribution is 0.263. The van der Waals surface area contributed by atoms with Gasteiger partial charge in [0.1, 0.15) is 0 Å². The third kappa shape index (κ3) is 4.32. The molecule has 0 spiro atoms. The van der Waals surface area contributed by atoms with Crippen LogP contribution in [0.25, 0.3) is 0 Å². The molecule has 2 heteroatoms. The molecule has 106 valence electrons. The van der Waals surface area contributed by atoms with Gasteiger partial charge < -0.3 is 5.32 Å². The first kappa shape index (κ1) is 15.1. The summed E-state index contributed by atoms with van der Waals surface area (Å²) in [4.78, 5) is 0. The average molecular weight is 324 g/mol. The number of halogens is 1. The molecule has 1 N–H and O–H groups in total. The Morgan fingerprint density at radius 1 is 1.26 bits per heavy atom. The highest BCUT2D eigenvalue weighted by atomic mass is 79.9. The van der Waals surface area contributed by atoms with Crippen LogP contribution in [0.5, 0.6) is 0 Å². The molecule has 0 aliphatic heterocycles. The van der Waals surface area contributed by atoms with Crippen LogP contribution in [0, 0.1) is 0 Å². The molecule has 1 aromatic carbocycles. The molecule has 0 heterocycles. The molecular weight excluding hydrogens is 298 g/mol. The van der Waals surface area contributed by atoms with Crippen molar-refractivity contribution in [2.45, 2.75) is 70.4 Å². The number of hydrogen-bond acceptors (Lipinski definition) is 1. The van der Waals surface area contributed by atoms with Gasteiger partial charge in [0.2, 0.25) is 0 Å². The topological polar surface area (TPSA) is 12.0 Å². The quantitative estimate of drug-likeness (QED) is 0.675. The zero-order valence-electron chi connectivity index (χ0n) is 12.2. The van der Waals surface area contributed by atoms with E-state index >= 15 is 0 Å². The third-order valence-corrected chi connectivity index (χ3v) is 4.97. The Hall–Kier alpha value is -0.340. The van der Waals surface area contributed by atoms with E-state index in [2.05, 4.69) is 59.4 Å². The minimum Gasteiger partial charge on any atom is -0.311 e. The maximum Gasteiger partial charge on any atom is 0.0210 e. The molecule has 0 radical (unpaired) electrons. The Morgan fingerprint density at radius 3 is 2.68 bits per heavy atom. The van der Waals surface area contributed by atoms with E-state index in [1.807, 2.05) is 0 Å². The number of unbranched alkanes of at least 4 members (excludes halogenated alkanes) is 2. The van der Waals surface area contributed by atoms with Crippen LogP contribution in [0.1, 0.15) is 63.9 Å². The normalized spacial score (nSPS) is 23.9. The fourth-order valence-corrected chi connectivity index (χ4v) is 3.61. The minimum absolute atomic E-state index is 0.678. The predicted octanol–water partition coefficient (Wildman–Crippen LogP) is 5.25. The van der Waals surface area contributed by atoms with Gasteiger partial charge in [0.15, 0.2) is 0 Å². The fourth-order valence-electron chi connectivity index (χ4n) is 3.00. The van der Waals surface area contributed by atoms with E-state index in [1.54, 1.807) is 0 Å². The van der Waals surface area contributed by atoms with Gasteiger partial charge in [0.25, 0.3) is 0 Å². The molecule has 1 atom stereocenters. The molecule has 1 aromatic rings. The van der Waals surface area contributed by atoms with Gasteiger partial charge in [-0.05, 0) is 43.7 Å². The predicted molar refractivity (Wildman–Crippen MR) is 86.6 cm³/mol. The first-order chi connectivity index (χ1) is 9.20. The second kappa shape index (κ2) is 7.44. The fraction of sp³-hybridized carbons (Fsp3) is 0.647. The van der Waals surface area contributed by atoms with Crippen LogP contribution in [0.3, 0.4) is 0 Å². The van der Waals surface area contributed by atoms with Crippen LogP contribution in [0.4, 0.5) is 0 Å². The van der Waals surface area contributed by atoms with Crippen LogP contribution in [-0.2, 0) is 0 Å². The first-order valence-corrected chi connectivity index (χ1v) is 8.50. The van der Waals surface area contributed by atoms with Gasteiger partial charge >= 0.3 is 0 Å². The maximum absolute atomic E-state index is 3.78. The molecule has 19 heavy (non-hydrogen) atoms. The summed E-state index contributed by atoms with van der Waals surface area (Å²) in [6.45, 7) is 4.60. The third-order valence-electron chi connectivity index (χ3n) is 4.24. The van der Waals surface area contributed by atoms with Crippen molar-refractivity contribution in [2.24, 2.45) is 0 Å². The van der Waals surface area contributed by atoms with Crippen molar-refractivity contribution < 1.29 is 0 Å². The van der Waals surface area contributed by atoms with Gasteiger partial charge in [0, 0.05) is 16.6 Å². The molecule has 1 aliphatic carbocycles. The van der Waals surface area contributed by atoms with Crippen molar-refractivity contribution in [3.8, 4) is 0 Å². The Bertz CT molecular complexity index is 385. The molecule has 1 nitrogen and oxygen atoms in total. The average Bonchev–Trinajstić information content (AvgIpc) is 2.35. The van der Waals surface area contributed by atoms with Crippen LogP contribution in [0.15, 0.2) is 28.7 Å². The standard InChI is InChI=1S/C17H26BrN/c1-3-4-5-8-13(2)19-15-11-14(12-15)16-9-6-7-10-17(16)18/h6-7,9-10,13-15,19H,3-5,8,11-12H2,1-2H3. The van der Waals surface area contributed by atoms with E-state index in [9.17, 15) is 0 Å². The zero-order chi connectivity index (χ0) is 13.7. The van der Waals surface area contributed by atoms with E-state index in [1.165, 1.54) is 48.6 Å². The Balaban J connectivity index is 1.70. The van der Waals surface area contributed by atoms with Crippen LogP contribution < -0.4 is 5.32 Å². The summed E-state index contributed by atoms with van der Waals surface area (Å²) in [5, 5.41) is 3.78. The molecule has 1 fully saturated rings. The summed E-state index contributed by atoms with van der Waals surface area (Å²) in [6.07, 6.45) is 7.97. The van der Waals surface area contributed by atoms with Crippen LogP contribution >= 0.6 is 15.9 Å². The van der Waals surface area contributed by atoms with Crippen LogP contribution in [-0.4, -0.2) is 12.1 Å². The monoisotopic (exact) mass is 323 g/mol. The molecular formula is C17H26BrN. The van der Waals surface area contributed by atoms with Gasteiger partial charge in [-0.3, -0.25) is 0 Å². The van der Waals surface area contributed by atoms with E-state index in [-0.39, 0.29) is 0 Å². The highest BCUT2D eigenvalue weighted by Gasteiger charge is 2.31. The van der Waals surface area contributed by atoms with Crippen molar-refractivity contribution in [1.29, 1.82) is 0 Å². The summed E-state index contributed by atoms with van der Waals surface area (Å²) in [6, 6.07) is 10.1. The van der Waals surface area contributed by atoms with Crippen LogP contribution in [0.2, 0.25) is 0 Å². The molecule has 0 bridgehead atoms. The summed E-state index contributed by atoms with van der Waals surface area (Å²) in [5.74, 6) is 0.746. The number of rotatable bonds is 7. The molecule has 1 unspecified atom stereocenters. The molecule has 1 aliphatic rings. The van der Waals surface area contributed by atoms with E-state index in [0.717, 1.165) is 12.0 Å². The largest absolute Gasteiger partial charge is 0.311 e. The Labute approximate surface area is 126 Å². The number of benzene rings is 1. The lowest BCUT2D eigenvalue weighted by atomic mass is 9.75. The SMILES string of the molecule is CCCCCC(C)NC1CC(c2ccccc2Br)C1. The molecule has 2 rings (SSSR count). The molecule has 0 aromatic heterocycles. The van der Waals surface area contributed by atoms with E-state index < -0.39 is 0 Å². The Kier molecular flexibility index (Phi) is 5.90. The molecule has 0 saturated heterocycles. The summed E-state index contributed by atoms with van der Waals surface area (Å²) in [7, 11) is 0. The van der Waals surface area contributed by atoms with Gasteiger partial charge in [-0.1, -0.05) is 60.3 Å². The van der Waals surface area contributed by atoms with E-state index in [4.69, 9.17) is 0 Å². The van der Waals surface area contributed by atoms with Crippen molar-refractivity contribution in [1.82, 2.24) is 5.32 Å². The van der Waals surface area contributed by atoms with Gasteiger partial charge in [-0.2, -0.15) is 0 Å². The second-order valence-corrected chi connectivity index (χ2v) is 6.80. The Morgan fingerprint density at radius 2 is 2.00 bits per heavy atom. The summed E-state index contributed by atoms with van der Waals surface area (Å²) >= 11 is 3.66. The van der Waals surface area contributed by atoms with Gasteiger partial charge in [0.05, 0.1) is 0 Å². The second-order valence-electron chi connectivity index (χ2n) is 5.95. The highest BCUT2D eigenvalue weighted by Crippen LogP contribution is 2.40. The zero-order valence-corrected chi connectivity index (χ0v) is 13.7. The number of hydrogen-bond donors (Lipinski definition) is 1. The van der Waals surface area contributed by atoms with Crippen molar-refractivity contribution in [2.75, 3.05) is 0 Å². The highest BCUT2D eigenvalue weighted by molar-refractivity contribution is 9.10. The summed E-state index contributed by atoms with van der Waals surface area (Å²) in [5.41, 5.74) is 1.49. The van der Waals surface area contributed by atoms with E-state index in [0.29, 0.717) is 6.04 Å². The lowest BCUT2D eigenvalue weighted by Crippen LogP contribution is -2.44. The molecule has 1 saturated carbocycles. The van der Waals surface area contributed by atoms with Crippen molar-refractivity contribution in [3.05, 3.63) is 34.3 Å². The first-order valence-electron chi connectivity index (χ1n) is 7.71. The van der Waals surface area contributed by atoms with Crippen molar-refractivity contribution >= 4 is 15.9 Å². The minimum atomic E-state index is 0.678. The molecule has 0 amide bonds. The summed E-state index contributed by atoms with van der Waals surface area (Å²) < 4.78 is 1.27.